The molecule has 0 bridgehead atoms. The van der Waals surface area contributed by atoms with E-state index in [2.05, 4.69) is 47.5 Å². The second-order valence-corrected chi connectivity index (χ2v) is 6.30. The summed E-state index contributed by atoms with van der Waals surface area (Å²) in [6, 6.07) is 12.4. The Bertz CT molecular complexity index is 412. The number of nitrogens with zero attached hydrogens (tertiary/aromatic N) is 1. The van der Waals surface area contributed by atoms with Crippen molar-refractivity contribution < 1.29 is 4.74 Å². The summed E-state index contributed by atoms with van der Waals surface area (Å²) in [6.07, 6.45) is 3.87. The zero-order chi connectivity index (χ0) is 14.5. The largest absolute Gasteiger partial charge is 0.379 e. The molecule has 1 saturated heterocycles. The molecule has 1 aromatic rings. The Morgan fingerprint density at radius 3 is 2.62 bits per heavy atom. The molecule has 3 heteroatoms. The zero-order valence-electron chi connectivity index (χ0n) is 13.1. The first-order valence-electron chi connectivity index (χ1n) is 8.48. The number of benzene rings is 1. The molecule has 0 aromatic heterocycles. The molecule has 21 heavy (non-hydrogen) atoms. The molecule has 3 rings (SSSR count). The van der Waals surface area contributed by atoms with Crippen molar-refractivity contribution in [3.05, 3.63) is 35.9 Å². The Kier molecular flexibility index (Phi) is 5.28. The molecule has 1 aliphatic heterocycles. The van der Waals surface area contributed by atoms with Crippen molar-refractivity contribution in [3.8, 4) is 0 Å². The Morgan fingerprint density at radius 2 is 1.90 bits per heavy atom. The lowest BCUT2D eigenvalue weighted by Gasteiger charge is -2.44. The van der Waals surface area contributed by atoms with Crippen LogP contribution in [0.15, 0.2) is 30.3 Å². The molecule has 3 unspecified atom stereocenters. The van der Waals surface area contributed by atoms with E-state index in [4.69, 9.17) is 4.74 Å². The van der Waals surface area contributed by atoms with Gasteiger partial charge in [-0.2, -0.15) is 0 Å². The minimum absolute atomic E-state index is 0.646. The molecule has 1 aliphatic carbocycles. The first kappa shape index (κ1) is 15.0. The fourth-order valence-electron chi connectivity index (χ4n) is 3.99. The van der Waals surface area contributed by atoms with Crippen molar-refractivity contribution in [2.75, 3.05) is 32.8 Å². The second kappa shape index (κ2) is 7.39. The summed E-state index contributed by atoms with van der Waals surface area (Å²) in [5.41, 5.74) is 1.52. The fourth-order valence-corrected chi connectivity index (χ4v) is 3.99. The molecular weight excluding hydrogens is 260 g/mol. The predicted octanol–water partition coefficient (Wildman–Crippen LogP) is 2.63. The van der Waals surface area contributed by atoms with E-state index in [0.29, 0.717) is 18.0 Å². The second-order valence-electron chi connectivity index (χ2n) is 6.30. The average molecular weight is 288 g/mol. The van der Waals surface area contributed by atoms with E-state index in [1.165, 1.54) is 24.8 Å². The third-order valence-corrected chi connectivity index (χ3v) is 5.07. The maximum Gasteiger partial charge on any atom is 0.0594 e. The van der Waals surface area contributed by atoms with Crippen molar-refractivity contribution in [2.24, 2.45) is 0 Å². The predicted molar refractivity (Wildman–Crippen MR) is 86.7 cm³/mol. The van der Waals surface area contributed by atoms with Gasteiger partial charge in [-0.3, -0.25) is 4.90 Å². The number of hydrogen-bond donors (Lipinski definition) is 1. The smallest absolute Gasteiger partial charge is 0.0594 e. The third kappa shape index (κ3) is 3.65. The summed E-state index contributed by atoms with van der Waals surface area (Å²) in [4.78, 5) is 2.66. The quantitative estimate of drug-likeness (QED) is 0.922. The Labute approximate surface area is 128 Å². The van der Waals surface area contributed by atoms with Crippen LogP contribution in [0.2, 0.25) is 0 Å². The van der Waals surface area contributed by atoms with Gasteiger partial charge in [0.15, 0.2) is 0 Å². The molecule has 1 aromatic carbocycles. The fraction of sp³-hybridized carbons (Fsp3) is 0.667. The van der Waals surface area contributed by atoms with Gasteiger partial charge in [0, 0.05) is 25.2 Å². The van der Waals surface area contributed by atoms with Crippen LogP contribution in [0, 0.1) is 0 Å². The van der Waals surface area contributed by atoms with E-state index >= 15 is 0 Å². The van der Waals surface area contributed by atoms with Crippen LogP contribution in [0.1, 0.15) is 37.7 Å². The summed E-state index contributed by atoms with van der Waals surface area (Å²) in [7, 11) is 0. The third-order valence-electron chi connectivity index (χ3n) is 5.07. The van der Waals surface area contributed by atoms with Crippen LogP contribution in [-0.4, -0.2) is 49.8 Å². The summed E-state index contributed by atoms with van der Waals surface area (Å²) in [6.45, 7) is 7.26. The van der Waals surface area contributed by atoms with Crippen LogP contribution in [0.5, 0.6) is 0 Å². The summed E-state index contributed by atoms with van der Waals surface area (Å²) < 4.78 is 5.54. The lowest BCUT2D eigenvalue weighted by atomic mass is 9.78. The number of hydrogen-bond acceptors (Lipinski definition) is 3. The van der Waals surface area contributed by atoms with E-state index in [-0.39, 0.29) is 0 Å². The van der Waals surface area contributed by atoms with Gasteiger partial charge in [0.25, 0.3) is 0 Å². The van der Waals surface area contributed by atoms with Gasteiger partial charge in [0.2, 0.25) is 0 Å². The van der Waals surface area contributed by atoms with Gasteiger partial charge in [-0.25, -0.2) is 0 Å². The number of nitrogens with one attached hydrogen (secondary N) is 1. The number of rotatable bonds is 4. The molecule has 1 heterocycles. The van der Waals surface area contributed by atoms with E-state index in [0.717, 1.165) is 32.8 Å². The van der Waals surface area contributed by atoms with Gasteiger partial charge in [0.1, 0.15) is 0 Å². The highest BCUT2D eigenvalue weighted by molar-refractivity contribution is 5.21. The summed E-state index contributed by atoms with van der Waals surface area (Å²) in [5.74, 6) is 0.717. The number of likely N-dealkylation sites (N-methyl/N-ethyl adjacent to an activating group) is 1. The van der Waals surface area contributed by atoms with E-state index < -0.39 is 0 Å². The van der Waals surface area contributed by atoms with Crippen LogP contribution < -0.4 is 5.32 Å². The minimum atomic E-state index is 0.646. The van der Waals surface area contributed by atoms with Gasteiger partial charge < -0.3 is 10.1 Å². The molecule has 1 N–H and O–H groups in total. The van der Waals surface area contributed by atoms with Crippen molar-refractivity contribution in [2.45, 2.75) is 44.2 Å². The van der Waals surface area contributed by atoms with E-state index in [1.54, 1.807) is 0 Å². The SMILES string of the molecule is CCNC1CCC(c2ccccc2)CC1N1CCOCC1. The molecule has 1 saturated carbocycles. The van der Waals surface area contributed by atoms with Crippen molar-refractivity contribution in [3.63, 3.8) is 0 Å². The Morgan fingerprint density at radius 1 is 1.14 bits per heavy atom. The van der Waals surface area contributed by atoms with Crippen molar-refractivity contribution in [1.29, 1.82) is 0 Å². The van der Waals surface area contributed by atoms with Gasteiger partial charge in [0.05, 0.1) is 13.2 Å². The molecule has 0 radical (unpaired) electrons. The Balaban J connectivity index is 1.71. The maximum absolute atomic E-state index is 5.54. The van der Waals surface area contributed by atoms with Gasteiger partial charge in [-0.1, -0.05) is 37.3 Å². The lowest BCUT2D eigenvalue weighted by molar-refractivity contribution is -0.00246. The molecule has 3 nitrogen and oxygen atoms in total. The van der Waals surface area contributed by atoms with Crippen LogP contribution in [0.25, 0.3) is 0 Å². The normalized spacial score (nSPS) is 31.2. The summed E-state index contributed by atoms with van der Waals surface area (Å²) in [5, 5.41) is 3.72. The molecule has 116 valence electrons. The van der Waals surface area contributed by atoms with Crippen molar-refractivity contribution >= 4 is 0 Å². The highest BCUT2D eigenvalue weighted by Gasteiger charge is 2.34. The standard InChI is InChI=1S/C18H28N2O/c1-2-19-17-9-8-16(15-6-4-3-5-7-15)14-18(17)20-10-12-21-13-11-20/h3-7,16-19H,2,8-14H2,1H3. The van der Waals surface area contributed by atoms with Crippen LogP contribution in [0.3, 0.4) is 0 Å². The molecule has 2 aliphatic rings. The van der Waals surface area contributed by atoms with Gasteiger partial charge in [-0.15, -0.1) is 0 Å². The molecular formula is C18H28N2O. The first-order valence-corrected chi connectivity index (χ1v) is 8.48. The minimum Gasteiger partial charge on any atom is -0.379 e. The van der Waals surface area contributed by atoms with Crippen LogP contribution in [0.4, 0.5) is 0 Å². The molecule has 3 atom stereocenters. The topological polar surface area (TPSA) is 24.5 Å². The maximum atomic E-state index is 5.54. The highest BCUT2D eigenvalue weighted by Crippen LogP contribution is 2.35. The van der Waals surface area contributed by atoms with E-state index in [9.17, 15) is 0 Å². The van der Waals surface area contributed by atoms with Crippen molar-refractivity contribution in [1.82, 2.24) is 10.2 Å². The average Bonchev–Trinajstić information content (AvgIpc) is 2.57. The Hall–Kier alpha value is -0.900. The van der Waals surface area contributed by atoms with Gasteiger partial charge in [-0.05, 0) is 37.3 Å². The number of morpholine rings is 1. The number of ether oxygens (including phenoxy) is 1. The summed E-state index contributed by atoms with van der Waals surface area (Å²) >= 11 is 0. The molecule has 2 fully saturated rings. The van der Waals surface area contributed by atoms with Crippen LogP contribution >= 0.6 is 0 Å². The first-order chi connectivity index (χ1) is 10.4. The van der Waals surface area contributed by atoms with E-state index in [1.807, 2.05) is 0 Å². The van der Waals surface area contributed by atoms with Gasteiger partial charge >= 0.3 is 0 Å². The van der Waals surface area contributed by atoms with Crippen LogP contribution in [-0.2, 0) is 4.74 Å². The monoisotopic (exact) mass is 288 g/mol. The molecule has 0 amide bonds. The lowest BCUT2D eigenvalue weighted by Crippen LogP contribution is -2.55. The molecule has 0 spiro atoms. The highest BCUT2D eigenvalue weighted by atomic mass is 16.5. The zero-order valence-corrected chi connectivity index (χ0v) is 13.1.